The van der Waals surface area contributed by atoms with E-state index >= 15 is 0 Å². The molecule has 1 amide bonds. The fraction of sp³-hybridized carbons (Fsp3) is 0.562. The number of hydrogen-bond acceptors (Lipinski definition) is 4. The lowest BCUT2D eigenvalue weighted by atomic mass is 10.2. The zero-order chi connectivity index (χ0) is 15.8. The summed E-state index contributed by atoms with van der Waals surface area (Å²) in [6, 6.07) is 5.73. The average molecular weight is 326 g/mol. The van der Waals surface area contributed by atoms with Gasteiger partial charge in [-0.2, -0.15) is 0 Å². The van der Waals surface area contributed by atoms with Gasteiger partial charge in [0.05, 0.1) is 31.1 Å². The molecule has 0 atom stereocenters. The quantitative estimate of drug-likeness (QED) is 0.756. The SMILES string of the molecule is CCCCNC(=O)CNc1cc(Cl)ccc1N1CCOCC1. The highest BCUT2D eigenvalue weighted by Crippen LogP contribution is 2.29. The first kappa shape index (κ1) is 16.9. The molecule has 0 aromatic heterocycles. The number of nitrogens with one attached hydrogen (secondary N) is 2. The van der Waals surface area contributed by atoms with Crippen LogP contribution in [0, 0.1) is 0 Å². The third-order valence-electron chi connectivity index (χ3n) is 3.60. The van der Waals surface area contributed by atoms with Crippen molar-refractivity contribution in [2.24, 2.45) is 0 Å². The highest BCUT2D eigenvalue weighted by atomic mass is 35.5. The molecule has 0 unspecified atom stereocenters. The summed E-state index contributed by atoms with van der Waals surface area (Å²) in [7, 11) is 0. The third-order valence-corrected chi connectivity index (χ3v) is 3.84. The minimum atomic E-state index is 0.00125. The van der Waals surface area contributed by atoms with Crippen LogP contribution in [0.3, 0.4) is 0 Å². The first-order valence-corrected chi connectivity index (χ1v) is 8.21. The van der Waals surface area contributed by atoms with Crippen molar-refractivity contribution in [3.05, 3.63) is 23.2 Å². The maximum absolute atomic E-state index is 11.8. The number of carbonyl (C=O) groups is 1. The van der Waals surface area contributed by atoms with Crippen LogP contribution in [0.5, 0.6) is 0 Å². The van der Waals surface area contributed by atoms with Gasteiger partial charge in [-0.3, -0.25) is 4.79 Å². The van der Waals surface area contributed by atoms with Gasteiger partial charge in [0.25, 0.3) is 0 Å². The Kier molecular flexibility index (Phi) is 6.80. The van der Waals surface area contributed by atoms with Crippen LogP contribution in [-0.2, 0) is 9.53 Å². The maximum atomic E-state index is 11.8. The van der Waals surface area contributed by atoms with Crippen LogP contribution in [0.15, 0.2) is 18.2 Å². The molecule has 2 N–H and O–H groups in total. The Morgan fingerprint density at radius 1 is 1.36 bits per heavy atom. The molecule has 2 rings (SSSR count). The molecule has 0 aliphatic carbocycles. The molecule has 0 radical (unpaired) electrons. The Morgan fingerprint density at radius 2 is 2.14 bits per heavy atom. The van der Waals surface area contributed by atoms with E-state index in [0.717, 1.165) is 57.1 Å². The highest BCUT2D eigenvalue weighted by molar-refractivity contribution is 6.31. The number of benzene rings is 1. The summed E-state index contributed by atoms with van der Waals surface area (Å²) < 4.78 is 5.39. The van der Waals surface area contributed by atoms with Gasteiger partial charge in [0.15, 0.2) is 0 Å². The largest absolute Gasteiger partial charge is 0.378 e. The van der Waals surface area contributed by atoms with E-state index in [0.29, 0.717) is 5.02 Å². The first-order valence-electron chi connectivity index (χ1n) is 7.83. The van der Waals surface area contributed by atoms with Crippen LogP contribution < -0.4 is 15.5 Å². The van der Waals surface area contributed by atoms with E-state index in [-0.39, 0.29) is 12.5 Å². The molecule has 5 nitrogen and oxygen atoms in total. The van der Waals surface area contributed by atoms with Crippen LogP contribution in [0.1, 0.15) is 19.8 Å². The zero-order valence-electron chi connectivity index (χ0n) is 13.0. The van der Waals surface area contributed by atoms with Crippen molar-refractivity contribution in [1.29, 1.82) is 0 Å². The van der Waals surface area contributed by atoms with Gasteiger partial charge < -0.3 is 20.3 Å². The Balaban J connectivity index is 1.96. The van der Waals surface area contributed by atoms with Gasteiger partial charge in [0.2, 0.25) is 5.91 Å². The van der Waals surface area contributed by atoms with E-state index in [2.05, 4.69) is 22.5 Å². The average Bonchev–Trinajstić information content (AvgIpc) is 2.54. The van der Waals surface area contributed by atoms with Crippen molar-refractivity contribution in [1.82, 2.24) is 5.32 Å². The fourth-order valence-corrected chi connectivity index (χ4v) is 2.54. The molecule has 1 fully saturated rings. The number of ether oxygens (including phenoxy) is 1. The number of hydrogen-bond donors (Lipinski definition) is 2. The predicted molar refractivity (Wildman–Crippen MR) is 90.9 cm³/mol. The molecule has 1 heterocycles. The summed E-state index contributed by atoms with van der Waals surface area (Å²) in [6.07, 6.45) is 2.07. The van der Waals surface area contributed by atoms with Gasteiger partial charge in [-0.15, -0.1) is 0 Å². The molecule has 122 valence electrons. The second-order valence-corrected chi connectivity index (χ2v) is 5.75. The Labute approximate surface area is 137 Å². The number of halogens is 1. The Bertz CT molecular complexity index is 490. The van der Waals surface area contributed by atoms with E-state index in [1.807, 2.05) is 18.2 Å². The molecule has 0 saturated carbocycles. The van der Waals surface area contributed by atoms with Gasteiger partial charge in [0, 0.05) is 24.7 Å². The topological polar surface area (TPSA) is 53.6 Å². The fourth-order valence-electron chi connectivity index (χ4n) is 2.37. The van der Waals surface area contributed by atoms with Gasteiger partial charge in [-0.1, -0.05) is 24.9 Å². The monoisotopic (exact) mass is 325 g/mol. The highest BCUT2D eigenvalue weighted by Gasteiger charge is 2.15. The lowest BCUT2D eigenvalue weighted by Crippen LogP contribution is -2.37. The summed E-state index contributed by atoms with van der Waals surface area (Å²) in [5, 5.41) is 6.76. The molecule has 1 aliphatic rings. The van der Waals surface area contributed by atoms with Gasteiger partial charge in [0.1, 0.15) is 0 Å². The van der Waals surface area contributed by atoms with Crippen molar-refractivity contribution in [2.45, 2.75) is 19.8 Å². The molecule has 0 bridgehead atoms. The molecule has 6 heteroatoms. The summed E-state index contributed by atoms with van der Waals surface area (Å²) in [6.45, 7) is 6.21. The lowest BCUT2D eigenvalue weighted by molar-refractivity contribution is -0.119. The Morgan fingerprint density at radius 3 is 2.86 bits per heavy atom. The van der Waals surface area contributed by atoms with Crippen LogP contribution in [0.4, 0.5) is 11.4 Å². The smallest absolute Gasteiger partial charge is 0.239 e. The number of morpholine rings is 1. The van der Waals surface area contributed by atoms with E-state index in [1.54, 1.807) is 0 Å². The van der Waals surface area contributed by atoms with Crippen molar-refractivity contribution in [3.8, 4) is 0 Å². The molecule has 0 spiro atoms. The third kappa shape index (κ3) is 5.07. The lowest BCUT2D eigenvalue weighted by Gasteiger charge is -2.30. The number of carbonyl (C=O) groups excluding carboxylic acids is 1. The first-order chi connectivity index (χ1) is 10.7. The second-order valence-electron chi connectivity index (χ2n) is 5.32. The molecule has 1 aliphatic heterocycles. The summed E-state index contributed by atoms with van der Waals surface area (Å²) in [5.41, 5.74) is 1.95. The van der Waals surface area contributed by atoms with Gasteiger partial charge in [-0.25, -0.2) is 0 Å². The van der Waals surface area contributed by atoms with E-state index in [9.17, 15) is 4.79 Å². The maximum Gasteiger partial charge on any atom is 0.239 e. The number of unbranched alkanes of at least 4 members (excludes halogenated alkanes) is 1. The summed E-state index contributed by atoms with van der Waals surface area (Å²) in [5.74, 6) is 0.00125. The van der Waals surface area contributed by atoms with Crippen molar-refractivity contribution >= 4 is 28.9 Å². The van der Waals surface area contributed by atoms with Crippen LogP contribution in [0.25, 0.3) is 0 Å². The van der Waals surface area contributed by atoms with Crippen molar-refractivity contribution in [2.75, 3.05) is 49.6 Å². The predicted octanol–water partition coefficient (Wildman–Crippen LogP) is 2.50. The second kappa shape index (κ2) is 8.86. The summed E-state index contributed by atoms with van der Waals surface area (Å²) >= 11 is 6.09. The van der Waals surface area contributed by atoms with E-state index in [4.69, 9.17) is 16.3 Å². The molecule has 1 saturated heterocycles. The molecule has 1 aromatic carbocycles. The van der Waals surface area contributed by atoms with Crippen LogP contribution in [0.2, 0.25) is 5.02 Å². The number of rotatable bonds is 7. The molecule has 22 heavy (non-hydrogen) atoms. The van der Waals surface area contributed by atoms with Crippen LogP contribution in [-0.4, -0.2) is 45.3 Å². The normalized spacial score (nSPS) is 14.7. The Hall–Kier alpha value is -1.46. The number of anilines is 2. The molecule has 1 aromatic rings. The van der Waals surface area contributed by atoms with Crippen molar-refractivity contribution in [3.63, 3.8) is 0 Å². The van der Waals surface area contributed by atoms with Gasteiger partial charge >= 0.3 is 0 Å². The standard InChI is InChI=1S/C16H24ClN3O2/c1-2-3-6-18-16(21)12-19-14-11-13(17)4-5-15(14)20-7-9-22-10-8-20/h4-5,11,19H,2-3,6-10,12H2,1H3,(H,18,21). The van der Waals surface area contributed by atoms with Crippen molar-refractivity contribution < 1.29 is 9.53 Å². The minimum absolute atomic E-state index is 0.00125. The number of nitrogens with zero attached hydrogens (tertiary/aromatic N) is 1. The molecular weight excluding hydrogens is 302 g/mol. The van der Waals surface area contributed by atoms with E-state index in [1.165, 1.54) is 0 Å². The zero-order valence-corrected chi connectivity index (χ0v) is 13.8. The van der Waals surface area contributed by atoms with Gasteiger partial charge in [-0.05, 0) is 24.6 Å². The number of amides is 1. The summed E-state index contributed by atoms with van der Waals surface area (Å²) in [4.78, 5) is 14.1. The van der Waals surface area contributed by atoms with Crippen LogP contribution >= 0.6 is 11.6 Å². The molecular formula is C16H24ClN3O2. The van der Waals surface area contributed by atoms with E-state index < -0.39 is 0 Å². The minimum Gasteiger partial charge on any atom is -0.378 e.